The fourth-order valence-electron chi connectivity index (χ4n) is 3.66. The summed E-state index contributed by atoms with van der Waals surface area (Å²) < 4.78 is 0. The van der Waals surface area contributed by atoms with Gasteiger partial charge in [-0.05, 0) is 30.3 Å². The zero-order valence-corrected chi connectivity index (χ0v) is 12.2. The molecule has 19 heavy (non-hydrogen) atoms. The molecule has 0 aromatic heterocycles. The van der Waals surface area contributed by atoms with Gasteiger partial charge in [0.05, 0.1) is 6.04 Å². The second kappa shape index (κ2) is 4.99. The Morgan fingerprint density at radius 2 is 2.26 bits per heavy atom. The molecule has 1 aliphatic carbocycles. The molecule has 3 aliphatic rings. The molecule has 3 rings (SSSR count). The third kappa shape index (κ3) is 2.29. The van der Waals surface area contributed by atoms with E-state index in [1.165, 1.54) is 12.0 Å². The highest BCUT2D eigenvalue weighted by Gasteiger charge is 2.40. The molecule has 1 fully saturated rings. The van der Waals surface area contributed by atoms with E-state index in [1.807, 2.05) is 6.20 Å². The molecule has 0 saturated carbocycles. The molecule has 0 aromatic rings. The van der Waals surface area contributed by atoms with E-state index in [0.29, 0.717) is 17.9 Å². The van der Waals surface area contributed by atoms with Gasteiger partial charge in [-0.3, -0.25) is 4.99 Å². The van der Waals surface area contributed by atoms with Crippen molar-refractivity contribution in [3.63, 3.8) is 0 Å². The van der Waals surface area contributed by atoms with Crippen molar-refractivity contribution in [1.82, 2.24) is 4.90 Å². The van der Waals surface area contributed by atoms with Crippen molar-refractivity contribution in [2.75, 3.05) is 6.54 Å². The van der Waals surface area contributed by atoms with Crippen molar-refractivity contribution in [3.8, 4) is 0 Å². The summed E-state index contributed by atoms with van der Waals surface area (Å²) in [5.41, 5.74) is 3.11. The molecule has 3 unspecified atom stereocenters. The van der Waals surface area contributed by atoms with Crippen LogP contribution in [0.5, 0.6) is 0 Å². The van der Waals surface area contributed by atoms with E-state index in [2.05, 4.69) is 55.2 Å². The minimum atomic E-state index is 0.417. The second-order valence-electron chi connectivity index (χ2n) is 6.38. The van der Waals surface area contributed by atoms with Crippen molar-refractivity contribution in [2.45, 2.75) is 39.7 Å². The lowest BCUT2D eigenvalue weighted by atomic mass is 9.76. The zero-order valence-electron chi connectivity index (χ0n) is 12.2. The highest BCUT2D eigenvalue weighted by atomic mass is 15.2. The van der Waals surface area contributed by atoms with Gasteiger partial charge < -0.3 is 4.90 Å². The highest BCUT2D eigenvalue weighted by molar-refractivity contribution is 5.73. The van der Waals surface area contributed by atoms with Gasteiger partial charge >= 0.3 is 0 Å². The van der Waals surface area contributed by atoms with Crippen LogP contribution in [0.25, 0.3) is 0 Å². The van der Waals surface area contributed by atoms with E-state index in [9.17, 15) is 0 Å². The molecule has 2 heterocycles. The van der Waals surface area contributed by atoms with Crippen molar-refractivity contribution in [2.24, 2.45) is 22.7 Å². The van der Waals surface area contributed by atoms with Gasteiger partial charge in [-0.25, -0.2) is 0 Å². The molecule has 0 bridgehead atoms. The maximum Gasteiger partial charge on any atom is 0.0859 e. The summed E-state index contributed by atoms with van der Waals surface area (Å²) in [5, 5.41) is 0. The van der Waals surface area contributed by atoms with E-state index in [0.717, 1.165) is 18.9 Å². The molecule has 0 N–H and O–H groups in total. The largest absolute Gasteiger partial charge is 0.364 e. The zero-order chi connectivity index (χ0) is 13.4. The van der Waals surface area contributed by atoms with Crippen LogP contribution in [0, 0.1) is 17.8 Å². The lowest BCUT2D eigenvalue weighted by Crippen LogP contribution is -2.28. The summed E-state index contributed by atoms with van der Waals surface area (Å²) in [5.74, 6) is 2.17. The van der Waals surface area contributed by atoms with Crippen LogP contribution in [0.3, 0.4) is 0 Å². The van der Waals surface area contributed by atoms with Crippen LogP contribution in [-0.2, 0) is 0 Å². The first-order chi connectivity index (χ1) is 9.19. The lowest BCUT2D eigenvalue weighted by Gasteiger charge is -2.28. The van der Waals surface area contributed by atoms with Gasteiger partial charge in [0, 0.05) is 31.1 Å². The number of hydrogen-bond acceptors (Lipinski definition) is 2. The van der Waals surface area contributed by atoms with Crippen LogP contribution in [0.2, 0.25) is 0 Å². The van der Waals surface area contributed by atoms with Gasteiger partial charge in [-0.2, -0.15) is 0 Å². The molecule has 0 aromatic carbocycles. The number of allylic oxidation sites excluding steroid dienone is 3. The third-order valence-electron chi connectivity index (χ3n) is 4.55. The third-order valence-corrected chi connectivity index (χ3v) is 4.55. The van der Waals surface area contributed by atoms with Crippen molar-refractivity contribution < 1.29 is 0 Å². The fourth-order valence-corrected chi connectivity index (χ4v) is 3.66. The van der Waals surface area contributed by atoms with E-state index >= 15 is 0 Å². The first kappa shape index (κ1) is 12.7. The lowest BCUT2D eigenvalue weighted by molar-refractivity contribution is 0.340. The van der Waals surface area contributed by atoms with Crippen LogP contribution in [0.4, 0.5) is 0 Å². The van der Waals surface area contributed by atoms with Gasteiger partial charge in [0.1, 0.15) is 0 Å². The molecule has 3 atom stereocenters. The normalized spacial score (nSPS) is 32.2. The number of rotatable bonds is 3. The Hall–Kier alpha value is -1.31. The van der Waals surface area contributed by atoms with E-state index in [1.54, 1.807) is 5.57 Å². The summed E-state index contributed by atoms with van der Waals surface area (Å²) in [7, 11) is 0. The Bertz CT molecular complexity index is 468. The molecule has 0 spiro atoms. The quantitative estimate of drug-likeness (QED) is 0.750. The number of aliphatic imine (C=N–C) groups is 1. The minimum Gasteiger partial charge on any atom is -0.364 e. The summed E-state index contributed by atoms with van der Waals surface area (Å²) >= 11 is 0. The molecule has 2 aliphatic heterocycles. The highest BCUT2D eigenvalue weighted by Crippen LogP contribution is 2.42. The fraction of sp³-hybridized carbons (Fsp3) is 0.588. The standard InChI is InChI=1S/C17H24N2/c1-4-13-8-14(7-12(2)3)16-11-19-6-5-18-10-17(19)15(16)9-13/h5-6,8-10,12,14,16-17H,4,7,11H2,1-3H3. The van der Waals surface area contributed by atoms with Crippen LogP contribution in [-0.4, -0.2) is 23.7 Å². The Morgan fingerprint density at radius 3 is 3.00 bits per heavy atom. The SMILES string of the molecule is CCC1=CC(CC(C)C)C2CN3C=CN=CC3C2=C1. The Kier molecular flexibility index (Phi) is 3.34. The van der Waals surface area contributed by atoms with E-state index in [-0.39, 0.29) is 0 Å². The number of fused-ring (bicyclic) bond motifs is 3. The number of nitrogens with zero attached hydrogens (tertiary/aromatic N) is 2. The molecular formula is C17H24N2. The van der Waals surface area contributed by atoms with Gasteiger partial charge in [-0.15, -0.1) is 0 Å². The van der Waals surface area contributed by atoms with Crippen molar-refractivity contribution in [3.05, 3.63) is 35.7 Å². The summed E-state index contributed by atoms with van der Waals surface area (Å²) in [6, 6.07) is 0.417. The van der Waals surface area contributed by atoms with Gasteiger partial charge in [0.2, 0.25) is 0 Å². The minimum absolute atomic E-state index is 0.417. The predicted octanol–water partition coefficient (Wildman–Crippen LogP) is 3.78. The molecule has 1 saturated heterocycles. The van der Waals surface area contributed by atoms with E-state index in [4.69, 9.17) is 0 Å². The van der Waals surface area contributed by atoms with Crippen molar-refractivity contribution >= 4 is 6.21 Å². The maximum atomic E-state index is 4.34. The summed E-state index contributed by atoms with van der Waals surface area (Å²) in [6.07, 6.45) is 13.6. The first-order valence-electron chi connectivity index (χ1n) is 7.57. The monoisotopic (exact) mass is 256 g/mol. The molecule has 102 valence electrons. The molecular weight excluding hydrogens is 232 g/mol. The average molecular weight is 256 g/mol. The van der Waals surface area contributed by atoms with Gasteiger partial charge in [-0.1, -0.05) is 38.5 Å². The topological polar surface area (TPSA) is 15.6 Å². The smallest absolute Gasteiger partial charge is 0.0859 e. The molecule has 0 amide bonds. The van der Waals surface area contributed by atoms with Crippen LogP contribution in [0.15, 0.2) is 40.7 Å². The Balaban J connectivity index is 1.91. The maximum absolute atomic E-state index is 4.34. The molecule has 0 radical (unpaired) electrons. The predicted molar refractivity (Wildman–Crippen MR) is 81.0 cm³/mol. The van der Waals surface area contributed by atoms with Crippen molar-refractivity contribution in [1.29, 1.82) is 0 Å². The van der Waals surface area contributed by atoms with E-state index < -0.39 is 0 Å². The molecule has 2 nitrogen and oxygen atoms in total. The van der Waals surface area contributed by atoms with Crippen LogP contribution in [0.1, 0.15) is 33.6 Å². The summed E-state index contributed by atoms with van der Waals surface area (Å²) in [6.45, 7) is 8.09. The van der Waals surface area contributed by atoms with Crippen LogP contribution < -0.4 is 0 Å². The van der Waals surface area contributed by atoms with Crippen LogP contribution >= 0.6 is 0 Å². The average Bonchev–Trinajstić information content (AvgIpc) is 2.77. The Morgan fingerprint density at radius 1 is 1.42 bits per heavy atom. The second-order valence-corrected chi connectivity index (χ2v) is 6.38. The Labute approximate surface area is 116 Å². The first-order valence-corrected chi connectivity index (χ1v) is 7.57. The molecule has 2 heteroatoms. The number of hydrogen-bond donors (Lipinski definition) is 0. The summed E-state index contributed by atoms with van der Waals surface area (Å²) in [4.78, 5) is 6.79. The van der Waals surface area contributed by atoms with Gasteiger partial charge in [0.25, 0.3) is 0 Å². The van der Waals surface area contributed by atoms with Gasteiger partial charge in [0.15, 0.2) is 0 Å².